The van der Waals surface area contributed by atoms with Crippen molar-refractivity contribution < 1.29 is 9.21 Å². The number of hydrogen-bond acceptors (Lipinski definition) is 3. The van der Waals surface area contributed by atoms with E-state index in [9.17, 15) is 4.79 Å². The molecule has 0 unspecified atom stereocenters. The fourth-order valence-electron chi connectivity index (χ4n) is 1.84. The first kappa shape index (κ1) is 13.6. The van der Waals surface area contributed by atoms with Crippen molar-refractivity contribution in [1.82, 2.24) is 4.98 Å². The summed E-state index contributed by atoms with van der Waals surface area (Å²) in [6, 6.07) is 16.8. The van der Waals surface area contributed by atoms with Gasteiger partial charge in [-0.25, -0.2) is 4.98 Å². The molecule has 0 saturated carbocycles. The summed E-state index contributed by atoms with van der Waals surface area (Å²) in [4.78, 5) is 16.4. The van der Waals surface area contributed by atoms with Gasteiger partial charge in [0.2, 0.25) is 5.89 Å². The van der Waals surface area contributed by atoms with Crippen LogP contribution in [0.4, 0.5) is 5.69 Å². The number of amides is 1. The van der Waals surface area contributed by atoms with Gasteiger partial charge in [0.15, 0.2) is 5.69 Å². The Balaban J connectivity index is 1.80. The lowest BCUT2D eigenvalue weighted by Gasteiger charge is -2.04. The molecular weight excluding hydrogens is 332 g/mol. The monoisotopic (exact) mass is 342 g/mol. The van der Waals surface area contributed by atoms with Crippen LogP contribution in [0.1, 0.15) is 10.5 Å². The van der Waals surface area contributed by atoms with Crippen molar-refractivity contribution in [2.45, 2.75) is 0 Å². The summed E-state index contributed by atoms with van der Waals surface area (Å²) in [7, 11) is 0. The average Bonchev–Trinajstić information content (AvgIpc) is 3.00. The minimum Gasteiger partial charge on any atom is -0.444 e. The number of anilines is 1. The van der Waals surface area contributed by atoms with Crippen molar-refractivity contribution in [2.75, 3.05) is 5.32 Å². The van der Waals surface area contributed by atoms with E-state index in [2.05, 4.69) is 26.2 Å². The molecule has 0 aliphatic carbocycles. The molecule has 0 aliphatic rings. The molecule has 5 heteroatoms. The van der Waals surface area contributed by atoms with Gasteiger partial charge in [0, 0.05) is 10.0 Å². The van der Waals surface area contributed by atoms with E-state index >= 15 is 0 Å². The molecule has 3 aromatic rings. The highest BCUT2D eigenvalue weighted by molar-refractivity contribution is 9.10. The Kier molecular flexibility index (Phi) is 3.83. The van der Waals surface area contributed by atoms with Crippen molar-refractivity contribution in [3.05, 3.63) is 71.0 Å². The quantitative estimate of drug-likeness (QED) is 0.769. The molecule has 0 saturated heterocycles. The number of nitrogens with one attached hydrogen (secondary N) is 1. The Labute approximate surface area is 130 Å². The van der Waals surface area contributed by atoms with Crippen molar-refractivity contribution in [2.24, 2.45) is 0 Å². The van der Waals surface area contributed by atoms with Gasteiger partial charge in [-0.15, -0.1) is 0 Å². The third-order valence-corrected chi connectivity index (χ3v) is 3.57. The minimum atomic E-state index is -0.312. The second-order valence-corrected chi connectivity index (χ2v) is 5.19. The van der Waals surface area contributed by atoms with Crippen LogP contribution < -0.4 is 5.32 Å². The molecule has 104 valence electrons. The number of para-hydroxylation sites is 1. The molecule has 0 radical (unpaired) electrons. The lowest BCUT2D eigenvalue weighted by molar-refractivity contribution is 0.102. The molecule has 0 atom stereocenters. The largest absolute Gasteiger partial charge is 0.444 e. The Bertz CT molecular complexity index is 769. The summed E-state index contributed by atoms with van der Waals surface area (Å²) in [6.07, 6.45) is 1.36. The van der Waals surface area contributed by atoms with Gasteiger partial charge >= 0.3 is 0 Å². The molecule has 2 aromatic carbocycles. The zero-order chi connectivity index (χ0) is 14.7. The Morgan fingerprint density at radius 2 is 1.76 bits per heavy atom. The van der Waals surface area contributed by atoms with Gasteiger partial charge in [0.05, 0.1) is 5.69 Å². The topological polar surface area (TPSA) is 55.1 Å². The second-order valence-electron chi connectivity index (χ2n) is 4.34. The maximum absolute atomic E-state index is 12.2. The van der Waals surface area contributed by atoms with E-state index in [0.29, 0.717) is 11.6 Å². The van der Waals surface area contributed by atoms with E-state index in [1.807, 2.05) is 48.5 Å². The van der Waals surface area contributed by atoms with Crippen LogP contribution in [0.5, 0.6) is 0 Å². The van der Waals surface area contributed by atoms with Crippen LogP contribution in [-0.2, 0) is 0 Å². The highest BCUT2D eigenvalue weighted by atomic mass is 79.9. The molecule has 0 fully saturated rings. The zero-order valence-corrected chi connectivity index (χ0v) is 12.5. The van der Waals surface area contributed by atoms with Crippen LogP contribution in [0.15, 0.2) is 69.8 Å². The summed E-state index contributed by atoms with van der Waals surface area (Å²) in [5, 5.41) is 2.78. The van der Waals surface area contributed by atoms with E-state index in [1.165, 1.54) is 6.26 Å². The number of aromatic nitrogens is 1. The van der Waals surface area contributed by atoms with Crippen LogP contribution in [0.2, 0.25) is 0 Å². The molecule has 1 aromatic heterocycles. The molecule has 4 nitrogen and oxygen atoms in total. The van der Waals surface area contributed by atoms with Crippen LogP contribution in [0.3, 0.4) is 0 Å². The van der Waals surface area contributed by atoms with Gasteiger partial charge in [-0.2, -0.15) is 0 Å². The Morgan fingerprint density at radius 1 is 1.05 bits per heavy atom. The van der Waals surface area contributed by atoms with Crippen molar-refractivity contribution in [1.29, 1.82) is 0 Å². The molecule has 1 heterocycles. The predicted octanol–water partition coefficient (Wildman–Crippen LogP) is 4.36. The fraction of sp³-hybridized carbons (Fsp3) is 0. The molecule has 21 heavy (non-hydrogen) atoms. The molecule has 0 aliphatic heterocycles. The van der Waals surface area contributed by atoms with E-state index in [-0.39, 0.29) is 11.6 Å². The molecule has 1 amide bonds. The average molecular weight is 343 g/mol. The molecule has 0 spiro atoms. The van der Waals surface area contributed by atoms with Crippen molar-refractivity contribution >= 4 is 27.5 Å². The number of carbonyl (C=O) groups is 1. The minimum absolute atomic E-state index is 0.240. The first-order valence-corrected chi connectivity index (χ1v) is 7.10. The molecule has 0 bridgehead atoms. The summed E-state index contributed by atoms with van der Waals surface area (Å²) in [5.41, 5.74) is 1.76. The van der Waals surface area contributed by atoms with Crippen LogP contribution >= 0.6 is 15.9 Å². The normalized spacial score (nSPS) is 10.3. The van der Waals surface area contributed by atoms with E-state index in [1.54, 1.807) is 6.07 Å². The lowest BCUT2D eigenvalue weighted by Crippen LogP contribution is -2.12. The number of carbonyl (C=O) groups excluding carboxylic acids is 1. The first-order chi connectivity index (χ1) is 10.2. The number of rotatable bonds is 3. The van der Waals surface area contributed by atoms with Gasteiger partial charge in [-0.05, 0) is 40.2 Å². The third kappa shape index (κ3) is 3.03. The Morgan fingerprint density at radius 3 is 2.52 bits per heavy atom. The number of hydrogen-bond donors (Lipinski definition) is 1. The second kappa shape index (κ2) is 5.93. The number of halogens is 1. The maximum Gasteiger partial charge on any atom is 0.277 e. The number of benzene rings is 2. The van der Waals surface area contributed by atoms with Gasteiger partial charge in [0.25, 0.3) is 5.91 Å². The zero-order valence-electron chi connectivity index (χ0n) is 10.9. The molecular formula is C16H11BrN2O2. The van der Waals surface area contributed by atoms with E-state index in [4.69, 9.17) is 4.42 Å². The number of nitrogens with zero attached hydrogens (tertiary/aromatic N) is 1. The van der Waals surface area contributed by atoms with Crippen molar-refractivity contribution in [3.63, 3.8) is 0 Å². The molecule has 1 N–H and O–H groups in total. The van der Waals surface area contributed by atoms with E-state index in [0.717, 1.165) is 10.0 Å². The SMILES string of the molecule is O=C(Nc1ccccc1Br)c1coc(-c2ccccc2)n1. The fourth-order valence-corrected chi connectivity index (χ4v) is 2.22. The Hall–Kier alpha value is -2.40. The van der Waals surface area contributed by atoms with Gasteiger partial charge in [-0.3, -0.25) is 4.79 Å². The van der Waals surface area contributed by atoms with Gasteiger partial charge < -0.3 is 9.73 Å². The third-order valence-electron chi connectivity index (χ3n) is 2.88. The van der Waals surface area contributed by atoms with Gasteiger partial charge in [0.1, 0.15) is 6.26 Å². The highest BCUT2D eigenvalue weighted by Gasteiger charge is 2.14. The first-order valence-electron chi connectivity index (χ1n) is 6.31. The van der Waals surface area contributed by atoms with Crippen LogP contribution in [0.25, 0.3) is 11.5 Å². The summed E-state index contributed by atoms with van der Waals surface area (Å²) < 4.78 is 6.17. The van der Waals surface area contributed by atoms with Crippen LogP contribution in [-0.4, -0.2) is 10.9 Å². The predicted molar refractivity (Wildman–Crippen MR) is 84.0 cm³/mol. The smallest absolute Gasteiger partial charge is 0.277 e. The highest BCUT2D eigenvalue weighted by Crippen LogP contribution is 2.23. The molecule has 3 rings (SSSR count). The summed E-state index contributed by atoms with van der Waals surface area (Å²) in [6.45, 7) is 0. The van der Waals surface area contributed by atoms with Gasteiger partial charge in [-0.1, -0.05) is 30.3 Å². The standard InChI is InChI=1S/C16H11BrN2O2/c17-12-8-4-5-9-13(12)18-15(20)14-10-21-16(19-14)11-6-2-1-3-7-11/h1-10H,(H,18,20). The van der Waals surface area contributed by atoms with Crippen molar-refractivity contribution in [3.8, 4) is 11.5 Å². The summed E-state index contributed by atoms with van der Waals surface area (Å²) in [5.74, 6) is 0.112. The lowest BCUT2D eigenvalue weighted by atomic mass is 10.2. The van der Waals surface area contributed by atoms with Crippen LogP contribution in [0, 0.1) is 0 Å². The maximum atomic E-state index is 12.2. The summed E-state index contributed by atoms with van der Waals surface area (Å²) >= 11 is 3.38. The van der Waals surface area contributed by atoms with E-state index < -0.39 is 0 Å². The number of oxazole rings is 1.